The zero-order chi connectivity index (χ0) is 20.0. The number of rotatable bonds is 5. The number of fused-ring (bicyclic) bond motifs is 3. The number of hydrogen-bond donors (Lipinski definition) is 2. The number of aromatic nitrogens is 5. The highest BCUT2D eigenvalue weighted by Crippen LogP contribution is 2.17. The van der Waals surface area contributed by atoms with Crippen molar-refractivity contribution in [2.45, 2.75) is 33.7 Å². The molecule has 0 radical (unpaired) electrons. The van der Waals surface area contributed by atoms with Crippen LogP contribution in [0.25, 0.3) is 16.9 Å². The van der Waals surface area contributed by atoms with Crippen LogP contribution in [-0.4, -0.2) is 30.0 Å². The van der Waals surface area contributed by atoms with Gasteiger partial charge in [0.25, 0.3) is 5.56 Å². The molecule has 28 heavy (non-hydrogen) atoms. The maximum atomic E-state index is 12.3. The Balaban J connectivity index is 1.58. The van der Waals surface area contributed by atoms with Gasteiger partial charge in [-0.15, -0.1) is 0 Å². The number of H-pyrrole nitrogens is 1. The van der Waals surface area contributed by atoms with Gasteiger partial charge >= 0.3 is 5.69 Å². The van der Waals surface area contributed by atoms with E-state index in [9.17, 15) is 9.59 Å². The molecule has 0 atom stereocenters. The Morgan fingerprint density at radius 1 is 1.14 bits per heavy atom. The van der Waals surface area contributed by atoms with E-state index in [1.807, 2.05) is 13.1 Å². The minimum atomic E-state index is -0.459. The SMILES string of the molecule is Cc1ccc(NCCCn2c(C)cn3c4c(=O)[nH]c(=O)n(C)c4nc23)cc1C. The summed E-state index contributed by atoms with van der Waals surface area (Å²) in [5.41, 5.74) is 4.60. The van der Waals surface area contributed by atoms with Crippen molar-refractivity contribution in [3.63, 3.8) is 0 Å². The summed E-state index contributed by atoms with van der Waals surface area (Å²) in [6.07, 6.45) is 2.79. The highest BCUT2D eigenvalue weighted by atomic mass is 16.2. The number of anilines is 1. The molecule has 0 unspecified atom stereocenters. The number of benzene rings is 1. The highest BCUT2D eigenvalue weighted by Gasteiger charge is 2.17. The molecule has 4 aromatic rings. The fourth-order valence-corrected chi connectivity index (χ4v) is 3.52. The molecule has 0 aliphatic carbocycles. The van der Waals surface area contributed by atoms with Crippen molar-refractivity contribution < 1.29 is 0 Å². The third-order valence-electron chi connectivity index (χ3n) is 5.31. The van der Waals surface area contributed by atoms with Gasteiger partial charge in [-0.25, -0.2) is 4.79 Å². The van der Waals surface area contributed by atoms with Crippen molar-refractivity contribution in [3.05, 3.63) is 62.1 Å². The maximum absolute atomic E-state index is 12.3. The van der Waals surface area contributed by atoms with Crippen LogP contribution < -0.4 is 16.6 Å². The Morgan fingerprint density at radius 2 is 1.93 bits per heavy atom. The fraction of sp³-hybridized carbons (Fsp3) is 0.350. The Morgan fingerprint density at radius 3 is 2.68 bits per heavy atom. The minimum Gasteiger partial charge on any atom is -0.385 e. The lowest BCUT2D eigenvalue weighted by Crippen LogP contribution is -2.28. The van der Waals surface area contributed by atoms with Gasteiger partial charge in [-0.1, -0.05) is 6.07 Å². The molecule has 0 saturated heterocycles. The van der Waals surface area contributed by atoms with E-state index in [1.54, 1.807) is 11.4 Å². The Kier molecular flexibility index (Phi) is 4.33. The second kappa shape index (κ2) is 6.70. The Bertz CT molecular complexity index is 1300. The molecule has 0 bridgehead atoms. The molecule has 0 aliphatic heterocycles. The van der Waals surface area contributed by atoms with E-state index in [2.05, 4.69) is 51.9 Å². The summed E-state index contributed by atoms with van der Waals surface area (Å²) < 4.78 is 5.20. The van der Waals surface area contributed by atoms with E-state index in [0.29, 0.717) is 16.9 Å². The van der Waals surface area contributed by atoms with Crippen molar-refractivity contribution >= 4 is 22.6 Å². The standard InChI is InChI=1S/C20H24N6O2/c1-12-6-7-15(10-13(12)2)21-8-5-9-25-14(3)11-26-16-17(22-19(25)26)24(4)20(28)23-18(16)27/h6-7,10-11,21H,5,8-9H2,1-4H3,(H,23,27,28). The molecule has 1 aromatic carbocycles. The highest BCUT2D eigenvalue weighted by molar-refractivity contribution is 5.75. The Labute approximate surface area is 161 Å². The lowest BCUT2D eigenvalue weighted by molar-refractivity contribution is 0.660. The van der Waals surface area contributed by atoms with Gasteiger partial charge in [-0.2, -0.15) is 4.98 Å². The van der Waals surface area contributed by atoms with Crippen LogP contribution in [0.2, 0.25) is 0 Å². The molecule has 146 valence electrons. The van der Waals surface area contributed by atoms with Crippen molar-refractivity contribution in [2.75, 3.05) is 11.9 Å². The quantitative estimate of drug-likeness (QED) is 0.519. The van der Waals surface area contributed by atoms with Crippen LogP contribution in [0.5, 0.6) is 0 Å². The molecule has 0 fully saturated rings. The molecular formula is C20H24N6O2. The van der Waals surface area contributed by atoms with Crippen LogP contribution in [0.15, 0.2) is 34.0 Å². The second-order valence-corrected chi connectivity index (χ2v) is 7.27. The molecule has 3 aromatic heterocycles. The summed E-state index contributed by atoms with van der Waals surface area (Å²) in [5.74, 6) is 0.672. The summed E-state index contributed by atoms with van der Waals surface area (Å²) in [6, 6.07) is 6.37. The second-order valence-electron chi connectivity index (χ2n) is 7.27. The number of aromatic amines is 1. The summed E-state index contributed by atoms with van der Waals surface area (Å²) in [7, 11) is 1.61. The molecule has 0 amide bonds. The molecule has 0 spiro atoms. The van der Waals surface area contributed by atoms with Crippen LogP contribution in [0.3, 0.4) is 0 Å². The van der Waals surface area contributed by atoms with Gasteiger partial charge in [0, 0.05) is 37.7 Å². The van der Waals surface area contributed by atoms with Crippen LogP contribution in [0.4, 0.5) is 5.69 Å². The first-order valence-corrected chi connectivity index (χ1v) is 9.35. The number of aryl methyl sites for hydroxylation is 5. The number of nitrogens with one attached hydrogen (secondary N) is 2. The normalized spacial score (nSPS) is 11.6. The van der Waals surface area contributed by atoms with Gasteiger partial charge in [-0.05, 0) is 50.5 Å². The third kappa shape index (κ3) is 2.90. The lowest BCUT2D eigenvalue weighted by atomic mass is 10.1. The zero-order valence-electron chi connectivity index (χ0n) is 16.5. The molecule has 8 heteroatoms. The van der Waals surface area contributed by atoms with E-state index in [4.69, 9.17) is 0 Å². The predicted octanol–water partition coefficient (Wildman–Crippen LogP) is 2.10. The number of hydrogen-bond acceptors (Lipinski definition) is 4. The van der Waals surface area contributed by atoms with E-state index in [0.717, 1.165) is 30.9 Å². The fourth-order valence-electron chi connectivity index (χ4n) is 3.52. The largest absolute Gasteiger partial charge is 0.385 e. The van der Waals surface area contributed by atoms with Crippen molar-refractivity contribution in [2.24, 2.45) is 7.05 Å². The van der Waals surface area contributed by atoms with Gasteiger partial charge < -0.3 is 9.88 Å². The number of nitrogens with zero attached hydrogens (tertiary/aromatic N) is 4. The summed E-state index contributed by atoms with van der Waals surface area (Å²) in [4.78, 5) is 31.0. The lowest BCUT2D eigenvalue weighted by Gasteiger charge is -2.10. The van der Waals surface area contributed by atoms with E-state index in [1.165, 1.54) is 15.7 Å². The predicted molar refractivity (Wildman–Crippen MR) is 110 cm³/mol. The van der Waals surface area contributed by atoms with Gasteiger partial charge in [0.2, 0.25) is 5.78 Å². The first kappa shape index (κ1) is 18.1. The van der Waals surface area contributed by atoms with Crippen molar-refractivity contribution in [1.29, 1.82) is 0 Å². The van der Waals surface area contributed by atoms with Crippen LogP contribution in [0, 0.1) is 20.8 Å². The van der Waals surface area contributed by atoms with E-state index >= 15 is 0 Å². The monoisotopic (exact) mass is 380 g/mol. The molecule has 2 N–H and O–H groups in total. The van der Waals surface area contributed by atoms with Gasteiger partial charge in [-0.3, -0.25) is 18.7 Å². The van der Waals surface area contributed by atoms with Crippen molar-refractivity contribution in [1.82, 2.24) is 23.5 Å². The third-order valence-corrected chi connectivity index (χ3v) is 5.31. The molecule has 0 aliphatic rings. The molecule has 4 rings (SSSR count). The van der Waals surface area contributed by atoms with Gasteiger partial charge in [0.1, 0.15) is 0 Å². The zero-order valence-corrected chi connectivity index (χ0v) is 16.5. The molecule has 3 heterocycles. The average molecular weight is 380 g/mol. The Hall–Kier alpha value is -3.29. The molecule has 0 saturated carbocycles. The summed E-state index contributed by atoms with van der Waals surface area (Å²) in [5, 5.41) is 3.45. The van der Waals surface area contributed by atoms with E-state index in [-0.39, 0.29) is 0 Å². The molecule has 8 nitrogen and oxygen atoms in total. The van der Waals surface area contributed by atoms with Crippen molar-refractivity contribution in [3.8, 4) is 0 Å². The topological polar surface area (TPSA) is 89.1 Å². The summed E-state index contributed by atoms with van der Waals surface area (Å²) in [6.45, 7) is 7.79. The number of imidazole rings is 2. The summed E-state index contributed by atoms with van der Waals surface area (Å²) >= 11 is 0. The van der Waals surface area contributed by atoms with Gasteiger partial charge in [0.15, 0.2) is 11.2 Å². The smallest absolute Gasteiger partial charge is 0.329 e. The van der Waals surface area contributed by atoms with Gasteiger partial charge in [0.05, 0.1) is 0 Å². The minimum absolute atomic E-state index is 0.394. The molecular weight excluding hydrogens is 356 g/mol. The van der Waals surface area contributed by atoms with E-state index < -0.39 is 11.2 Å². The van der Waals surface area contributed by atoms with Crippen LogP contribution in [-0.2, 0) is 13.6 Å². The average Bonchev–Trinajstić information content (AvgIpc) is 3.15. The van der Waals surface area contributed by atoms with Crippen LogP contribution in [0.1, 0.15) is 23.2 Å². The van der Waals surface area contributed by atoms with Crippen LogP contribution >= 0.6 is 0 Å². The first-order chi connectivity index (χ1) is 13.4. The first-order valence-electron chi connectivity index (χ1n) is 9.35. The maximum Gasteiger partial charge on any atom is 0.329 e.